The van der Waals surface area contributed by atoms with Gasteiger partial charge in [-0.05, 0) is 73.9 Å². The Morgan fingerprint density at radius 3 is 2.81 bits per heavy atom. The molecule has 1 fully saturated rings. The Morgan fingerprint density at radius 1 is 1.31 bits per heavy atom. The van der Waals surface area contributed by atoms with Crippen LogP contribution in [0.3, 0.4) is 0 Å². The molecule has 1 aromatic rings. The summed E-state index contributed by atoms with van der Waals surface area (Å²) in [7, 11) is 0. The summed E-state index contributed by atoms with van der Waals surface area (Å²) < 4.78 is 13.5. The highest BCUT2D eigenvalue weighted by atomic mass is 32.1. The van der Waals surface area contributed by atoms with E-state index in [2.05, 4.69) is 55.1 Å². The number of thiocarbonyl (C=S) groups is 1. The molecule has 0 amide bonds. The smallest absolute Gasteiger partial charge is 0.200 e. The lowest BCUT2D eigenvalue weighted by molar-refractivity contribution is 0.0877. The summed E-state index contributed by atoms with van der Waals surface area (Å²) in [6.07, 6.45) is 3.94. The van der Waals surface area contributed by atoms with Crippen LogP contribution in [0.5, 0.6) is 0 Å². The molecule has 2 aliphatic heterocycles. The molecular weight excluding hydrogens is 421 g/mol. The first-order valence-corrected chi connectivity index (χ1v) is 12.4. The number of benzene rings is 1. The number of halogens is 1. The highest BCUT2D eigenvalue weighted by Crippen LogP contribution is 2.30. The third-order valence-corrected chi connectivity index (χ3v) is 6.74. The van der Waals surface area contributed by atoms with Gasteiger partial charge in [0.25, 0.3) is 0 Å². The first-order valence-electron chi connectivity index (χ1n) is 12.0. The zero-order chi connectivity index (χ0) is 23.3. The number of likely N-dealkylation sites (tertiary alicyclic amines) is 1. The SMILES string of the molecule is CC1CC(CCC(C)(C)C)CN(C(C)CNC2=NCCN2C(=S)Nc2cccc(F)c2)C1. The van der Waals surface area contributed by atoms with Gasteiger partial charge in [0.05, 0.1) is 6.54 Å². The third-order valence-electron chi connectivity index (χ3n) is 6.42. The fourth-order valence-corrected chi connectivity index (χ4v) is 4.95. The minimum Gasteiger partial charge on any atom is -0.354 e. The Balaban J connectivity index is 1.50. The molecule has 1 saturated heterocycles. The molecule has 0 saturated carbocycles. The van der Waals surface area contributed by atoms with E-state index in [0.717, 1.165) is 37.4 Å². The van der Waals surface area contributed by atoms with Crippen molar-refractivity contribution in [3.63, 3.8) is 0 Å². The van der Waals surface area contributed by atoms with E-state index in [0.29, 0.717) is 28.8 Å². The van der Waals surface area contributed by atoms with Crippen molar-refractivity contribution in [3.8, 4) is 0 Å². The van der Waals surface area contributed by atoms with Gasteiger partial charge in [-0.25, -0.2) is 4.39 Å². The molecule has 3 atom stereocenters. The maximum atomic E-state index is 13.5. The van der Waals surface area contributed by atoms with Gasteiger partial charge < -0.3 is 10.6 Å². The van der Waals surface area contributed by atoms with Crippen molar-refractivity contribution in [2.75, 3.05) is 38.0 Å². The van der Waals surface area contributed by atoms with Crippen molar-refractivity contribution < 1.29 is 4.39 Å². The van der Waals surface area contributed by atoms with E-state index in [4.69, 9.17) is 12.2 Å². The molecule has 3 rings (SSSR count). The van der Waals surface area contributed by atoms with Crippen LogP contribution in [-0.2, 0) is 0 Å². The summed E-state index contributed by atoms with van der Waals surface area (Å²) in [5, 5.41) is 7.20. The molecule has 32 heavy (non-hydrogen) atoms. The van der Waals surface area contributed by atoms with E-state index in [-0.39, 0.29) is 5.82 Å². The minimum atomic E-state index is -0.281. The Morgan fingerprint density at radius 2 is 2.09 bits per heavy atom. The van der Waals surface area contributed by atoms with Crippen LogP contribution >= 0.6 is 12.2 Å². The molecule has 0 radical (unpaired) electrons. The van der Waals surface area contributed by atoms with Crippen molar-refractivity contribution in [1.82, 2.24) is 15.1 Å². The molecule has 3 unspecified atom stereocenters. The van der Waals surface area contributed by atoms with Crippen LogP contribution < -0.4 is 10.6 Å². The molecule has 2 N–H and O–H groups in total. The summed E-state index contributed by atoms with van der Waals surface area (Å²) >= 11 is 5.57. The number of rotatable bonds is 6. The van der Waals surface area contributed by atoms with E-state index in [1.165, 1.54) is 37.9 Å². The van der Waals surface area contributed by atoms with Crippen molar-refractivity contribution in [3.05, 3.63) is 30.1 Å². The molecule has 1 aromatic carbocycles. The van der Waals surface area contributed by atoms with Crippen LogP contribution in [-0.4, -0.2) is 59.6 Å². The van der Waals surface area contributed by atoms with Gasteiger partial charge >= 0.3 is 0 Å². The highest BCUT2D eigenvalue weighted by Gasteiger charge is 2.29. The van der Waals surface area contributed by atoms with Crippen LogP contribution in [0.2, 0.25) is 0 Å². The molecule has 2 heterocycles. The van der Waals surface area contributed by atoms with Gasteiger partial charge in [-0.1, -0.05) is 33.8 Å². The maximum Gasteiger partial charge on any atom is 0.200 e. The quantitative estimate of drug-likeness (QED) is 0.587. The van der Waals surface area contributed by atoms with Crippen molar-refractivity contribution in [2.45, 2.75) is 59.9 Å². The number of hydrogen-bond donors (Lipinski definition) is 2. The summed E-state index contributed by atoms with van der Waals surface area (Å²) in [5.74, 6) is 2.04. The van der Waals surface area contributed by atoms with Crippen LogP contribution in [0.25, 0.3) is 0 Å². The molecule has 0 bridgehead atoms. The zero-order valence-corrected chi connectivity index (χ0v) is 21.1. The second kappa shape index (κ2) is 10.9. The predicted octanol–water partition coefficient (Wildman–Crippen LogP) is 4.96. The van der Waals surface area contributed by atoms with Gasteiger partial charge in [-0.15, -0.1) is 0 Å². The molecule has 0 aromatic heterocycles. The molecular formula is C25H40FN5S. The average Bonchev–Trinajstić information content (AvgIpc) is 3.18. The number of nitrogens with one attached hydrogen (secondary N) is 2. The summed E-state index contributed by atoms with van der Waals surface area (Å²) in [5.41, 5.74) is 1.05. The second-order valence-corrected chi connectivity index (χ2v) is 11.2. The highest BCUT2D eigenvalue weighted by molar-refractivity contribution is 7.80. The van der Waals surface area contributed by atoms with E-state index >= 15 is 0 Å². The Kier molecular flexibility index (Phi) is 8.50. The molecule has 5 nitrogen and oxygen atoms in total. The van der Waals surface area contributed by atoms with Gasteiger partial charge in [-0.3, -0.25) is 14.8 Å². The van der Waals surface area contributed by atoms with E-state index in [1.807, 2.05) is 11.0 Å². The second-order valence-electron chi connectivity index (χ2n) is 10.8. The van der Waals surface area contributed by atoms with Crippen LogP contribution in [0.4, 0.5) is 10.1 Å². The number of hydrogen-bond acceptors (Lipinski definition) is 4. The number of aliphatic imine (C=N–C) groups is 1. The van der Waals surface area contributed by atoms with Crippen molar-refractivity contribution in [2.24, 2.45) is 22.2 Å². The molecule has 2 aliphatic rings. The normalized spacial score (nSPS) is 23.1. The summed E-state index contributed by atoms with van der Waals surface area (Å²) in [6.45, 7) is 16.3. The first kappa shape index (κ1) is 24.9. The molecule has 0 spiro atoms. The summed E-state index contributed by atoms with van der Waals surface area (Å²) in [4.78, 5) is 9.22. The van der Waals surface area contributed by atoms with Crippen LogP contribution in [0.1, 0.15) is 53.9 Å². The van der Waals surface area contributed by atoms with Gasteiger partial charge in [0.1, 0.15) is 5.82 Å². The Bertz CT molecular complexity index is 806. The zero-order valence-electron chi connectivity index (χ0n) is 20.3. The number of piperidine rings is 1. The van der Waals surface area contributed by atoms with Gasteiger partial charge in [-0.2, -0.15) is 0 Å². The molecule has 7 heteroatoms. The van der Waals surface area contributed by atoms with E-state index in [1.54, 1.807) is 6.07 Å². The lowest BCUT2D eigenvalue weighted by Crippen LogP contribution is -2.51. The van der Waals surface area contributed by atoms with Crippen LogP contribution in [0.15, 0.2) is 29.3 Å². The maximum absolute atomic E-state index is 13.5. The Hall–Kier alpha value is -1.73. The van der Waals surface area contributed by atoms with E-state index in [9.17, 15) is 4.39 Å². The first-order chi connectivity index (χ1) is 15.1. The topological polar surface area (TPSA) is 42.9 Å². The third kappa shape index (κ3) is 7.41. The fourth-order valence-electron chi connectivity index (χ4n) is 4.65. The van der Waals surface area contributed by atoms with Gasteiger partial charge in [0.2, 0.25) is 0 Å². The lowest BCUT2D eigenvalue weighted by atomic mass is 9.81. The molecule has 178 valence electrons. The Labute approximate surface area is 198 Å². The largest absolute Gasteiger partial charge is 0.354 e. The molecule has 0 aliphatic carbocycles. The number of anilines is 1. The monoisotopic (exact) mass is 461 g/mol. The van der Waals surface area contributed by atoms with Gasteiger partial charge in [0.15, 0.2) is 11.1 Å². The lowest BCUT2D eigenvalue weighted by Gasteiger charge is -2.41. The van der Waals surface area contributed by atoms with E-state index < -0.39 is 0 Å². The predicted molar refractivity (Wildman–Crippen MR) is 137 cm³/mol. The fraction of sp³-hybridized carbons (Fsp3) is 0.680. The minimum absolute atomic E-state index is 0.281. The standard InChI is InChI=1S/C25H40FN5S/c1-18-13-20(9-10-25(3,4)5)17-30(16-18)19(2)15-28-23-27-11-12-31(23)24(32)29-22-8-6-7-21(26)14-22/h6-8,14,18-20H,9-13,15-17H2,1-5H3,(H,27,28)(H,29,32). The average molecular weight is 462 g/mol. The van der Waals surface area contributed by atoms with Crippen molar-refractivity contribution >= 4 is 29.0 Å². The van der Waals surface area contributed by atoms with Gasteiger partial charge in [0, 0.05) is 37.9 Å². The number of guanidine groups is 1. The number of nitrogens with zero attached hydrogens (tertiary/aromatic N) is 3. The van der Waals surface area contributed by atoms with Crippen molar-refractivity contribution in [1.29, 1.82) is 0 Å². The van der Waals surface area contributed by atoms with Crippen LogP contribution in [0, 0.1) is 23.1 Å². The summed E-state index contributed by atoms with van der Waals surface area (Å²) in [6, 6.07) is 6.78.